The number of carboxylic acids is 1. The van der Waals surface area contributed by atoms with Crippen LogP contribution in [0.15, 0.2) is 48.5 Å². The summed E-state index contributed by atoms with van der Waals surface area (Å²) in [6.45, 7) is 0.482. The quantitative estimate of drug-likeness (QED) is 0.885. The van der Waals surface area contributed by atoms with Gasteiger partial charge in [0.05, 0.1) is 11.6 Å². The minimum atomic E-state index is -0.947. The molecule has 0 radical (unpaired) electrons. The molecule has 24 heavy (non-hydrogen) atoms. The van der Waals surface area contributed by atoms with E-state index >= 15 is 0 Å². The molecule has 0 fully saturated rings. The molecule has 0 spiro atoms. The van der Waals surface area contributed by atoms with Gasteiger partial charge in [-0.1, -0.05) is 30.3 Å². The Labute approximate surface area is 140 Å². The first-order chi connectivity index (χ1) is 11.6. The van der Waals surface area contributed by atoms with Crippen molar-refractivity contribution in [1.29, 1.82) is 0 Å². The van der Waals surface area contributed by atoms with Crippen molar-refractivity contribution in [2.75, 3.05) is 6.61 Å². The van der Waals surface area contributed by atoms with Gasteiger partial charge in [-0.25, -0.2) is 4.79 Å². The van der Waals surface area contributed by atoms with Crippen molar-refractivity contribution in [3.8, 4) is 5.75 Å². The highest BCUT2D eigenvalue weighted by Crippen LogP contribution is 2.23. The summed E-state index contributed by atoms with van der Waals surface area (Å²) in [5.74, 6) is -0.0799. The Morgan fingerprint density at radius 1 is 1.12 bits per heavy atom. The number of hydrogen-bond donors (Lipinski definition) is 2. The van der Waals surface area contributed by atoms with E-state index in [2.05, 4.69) is 5.32 Å². The van der Waals surface area contributed by atoms with E-state index in [0.717, 1.165) is 23.3 Å². The van der Waals surface area contributed by atoms with Crippen LogP contribution in [0.3, 0.4) is 0 Å². The molecule has 1 heterocycles. The van der Waals surface area contributed by atoms with Gasteiger partial charge in [0, 0.05) is 6.42 Å². The fourth-order valence-electron chi connectivity index (χ4n) is 2.79. The molecule has 5 nitrogen and oxygen atoms in total. The summed E-state index contributed by atoms with van der Waals surface area (Å²) in [4.78, 5) is 22.9. The standard InChI is InChI=1S/C19H19NO4/c21-18(10-7-13-5-8-14(9-6-13)19(22)23)20-16-11-15-3-1-2-4-17(15)24-12-16/h1-6,8-9,16H,7,10-12H2,(H,20,21)(H,22,23). The molecule has 1 amide bonds. The summed E-state index contributed by atoms with van der Waals surface area (Å²) in [6, 6.07) is 14.4. The molecule has 2 N–H and O–H groups in total. The Morgan fingerprint density at radius 2 is 1.88 bits per heavy atom. The Kier molecular flexibility index (Phi) is 4.79. The van der Waals surface area contributed by atoms with Crippen LogP contribution in [-0.2, 0) is 17.6 Å². The highest BCUT2D eigenvalue weighted by molar-refractivity contribution is 5.87. The molecule has 2 aromatic rings. The van der Waals surface area contributed by atoms with E-state index < -0.39 is 5.97 Å². The summed E-state index contributed by atoms with van der Waals surface area (Å²) in [5, 5.41) is 11.9. The fourth-order valence-corrected chi connectivity index (χ4v) is 2.79. The second-order valence-electron chi connectivity index (χ2n) is 5.89. The number of aryl methyl sites for hydroxylation is 1. The summed E-state index contributed by atoms with van der Waals surface area (Å²) in [7, 11) is 0. The first-order valence-corrected chi connectivity index (χ1v) is 7.94. The number of benzene rings is 2. The van der Waals surface area contributed by atoms with Crippen molar-refractivity contribution in [1.82, 2.24) is 5.32 Å². The highest BCUT2D eigenvalue weighted by Gasteiger charge is 2.20. The molecule has 1 unspecified atom stereocenters. The maximum Gasteiger partial charge on any atom is 0.335 e. The molecular weight excluding hydrogens is 306 g/mol. The van der Waals surface area contributed by atoms with E-state index in [1.165, 1.54) is 0 Å². The van der Waals surface area contributed by atoms with Gasteiger partial charge in [-0.05, 0) is 42.2 Å². The lowest BCUT2D eigenvalue weighted by molar-refractivity contribution is -0.122. The largest absolute Gasteiger partial charge is 0.491 e. The normalized spacial score (nSPS) is 15.9. The second-order valence-corrected chi connectivity index (χ2v) is 5.89. The molecule has 5 heteroatoms. The number of nitrogens with one attached hydrogen (secondary N) is 1. The molecule has 1 atom stereocenters. The average Bonchev–Trinajstić information content (AvgIpc) is 2.60. The number of carbonyl (C=O) groups excluding carboxylic acids is 1. The Morgan fingerprint density at radius 3 is 2.62 bits per heavy atom. The van der Waals surface area contributed by atoms with Crippen LogP contribution in [0.25, 0.3) is 0 Å². The maximum atomic E-state index is 12.1. The van der Waals surface area contributed by atoms with Gasteiger partial charge in [-0.3, -0.25) is 4.79 Å². The molecule has 124 valence electrons. The Bertz CT molecular complexity index is 739. The minimum Gasteiger partial charge on any atom is -0.491 e. The maximum absolute atomic E-state index is 12.1. The SMILES string of the molecule is O=C(CCc1ccc(C(=O)O)cc1)NC1COc2ccccc2C1. The number of hydrogen-bond acceptors (Lipinski definition) is 3. The summed E-state index contributed by atoms with van der Waals surface area (Å²) in [6.07, 6.45) is 1.72. The van der Waals surface area contributed by atoms with Gasteiger partial charge in [-0.2, -0.15) is 0 Å². The van der Waals surface area contributed by atoms with Crippen molar-refractivity contribution < 1.29 is 19.4 Å². The van der Waals surface area contributed by atoms with E-state index in [1.54, 1.807) is 24.3 Å². The highest BCUT2D eigenvalue weighted by atomic mass is 16.5. The molecule has 0 saturated carbocycles. The van der Waals surface area contributed by atoms with Gasteiger partial charge in [0.15, 0.2) is 0 Å². The summed E-state index contributed by atoms with van der Waals surface area (Å²) < 4.78 is 5.66. The van der Waals surface area contributed by atoms with Crippen molar-refractivity contribution >= 4 is 11.9 Å². The van der Waals surface area contributed by atoms with Crippen molar-refractivity contribution in [2.24, 2.45) is 0 Å². The summed E-state index contributed by atoms with van der Waals surface area (Å²) >= 11 is 0. The molecule has 0 aromatic heterocycles. The van der Waals surface area contributed by atoms with E-state index in [4.69, 9.17) is 9.84 Å². The minimum absolute atomic E-state index is 0.0122. The molecule has 2 aromatic carbocycles. The zero-order valence-electron chi connectivity index (χ0n) is 13.2. The van der Waals surface area contributed by atoms with Crippen LogP contribution >= 0.6 is 0 Å². The van der Waals surface area contributed by atoms with Gasteiger partial charge in [-0.15, -0.1) is 0 Å². The van der Waals surface area contributed by atoms with Gasteiger partial charge >= 0.3 is 5.97 Å². The lowest BCUT2D eigenvalue weighted by atomic mass is 10.0. The van der Waals surface area contributed by atoms with Crippen LogP contribution in [0.5, 0.6) is 5.75 Å². The van der Waals surface area contributed by atoms with Gasteiger partial charge < -0.3 is 15.2 Å². The van der Waals surface area contributed by atoms with Crippen LogP contribution in [0.1, 0.15) is 27.9 Å². The second kappa shape index (κ2) is 7.17. The third-order valence-corrected chi connectivity index (χ3v) is 4.09. The average molecular weight is 325 g/mol. The molecule has 0 saturated heterocycles. The van der Waals surface area contributed by atoms with Crippen molar-refractivity contribution in [3.63, 3.8) is 0 Å². The van der Waals surface area contributed by atoms with Gasteiger partial charge in [0.25, 0.3) is 0 Å². The van der Waals surface area contributed by atoms with E-state index in [-0.39, 0.29) is 17.5 Å². The molecule has 3 rings (SSSR count). The number of para-hydroxylation sites is 1. The monoisotopic (exact) mass is 325 g/mol. The number of ether oxygens (including phenoxy) is 1. The number of rotatable bonds is 5. The fraction of sp³-hybridized carbons (Fsp3) is 0.263. The third kappa shape index (κ3) is 3.93. The molecule has 0 aliphatic carbocycles. The number of amides is 1. The molecule has 0 bridgehead atoms. The molecular formula is C19H19NO4. The van der Waals surface area contributed by atoms with E-state index in [9.17, 15) is 9.59 Å². The smallest absolute Gasteiger partial charge is 0.335 e. The van der Waals surface area contributed by atoms with Crippen LogP contribution in [0.4, 0.5) is 0 Å². The number of fused-ring (bicyclic) bond motifs is 1. The lowest BCUT2D eigenvalue weighted by Crippen LogP contribution is -2.42. The van der Waals surface area contributed by atoms with Crippen molar-refractivity contribution in [3.05, 3.63) is 65.2 Å². The van der Waals surface area contributed by atoms with Crippen LogP contribution < -0.4 is 10.1 Å². The number of carboxylic acid groups (broad SMARTS) is 1. The lowest BCUT2D eigenvalue weighted by Gasteiger charge is -2.26. The zero-order chi connectivity index (χ0) is 16.9. The molecule has 1 aliphatic heterocycles. The zero-order valence-corrected chi connectivity index (χ0v) is 13.2. The van der Waals surface area contributed by atoms with Gasteiger partial charge in [0.1, 0.15) is 12.4 Å². The predicted octanol–water partition coefficient (Wildman–Crippen LogP) is 2.44. The third-order valence-electron chi connectivity index (χ3n) is 4.09. The van der Waals surface area contributed by atoms with Crippen LogP contribution in [-0.4, -0.2) is 29.6 Å². The van der Waals surface area contributed by atoms with E-state index in [0.29, 0.717) is 19.4 Å². The first kappa shape index (κ1) is 16.1. The topological polar surface area (TPSA) is 75.6 Å². The molecule has 1 aliphatic rings. The Balaban J connectivity index is 1.49. The summed E-state index contributed by atoms with van der Waals surface area (Å²) in [5.41, 5.74) is 2.31. The number of aromatic carboxylic acids is 1. The number of carbonyl (C=O) groups is 2. The first-order valence-electron chi connectivity index (χ1n) is 7.94. The van der Waals surface area contributed by atoms with Gasteiger partial charge in [0.2, 0.25) is 5.91 Å². The van der Waals surface area contributed by atoms with Crippen LogP contribution in [0, 0.1) is 0 Å². The van der Waals surface area contributed by atoms with Crippen molar-refractivity contribution in [2.45, 2.75) is 25.3 Å². The predicted molar refractivity (Wildman–Crippen MR) is 89.3 cm³/mol. The Hall–Kier alpha value is -2.82. The van der Waals surface area contributed by atoms with Crippen LogP contribution in [0.2, 0.25) is 0 Å². The van der Waals surface area contributed by atoms with E-state index in [1.807, 2.05) is 24.3 Å².